The molecule has 0 aromatic heterocycles. The van der Waals surface area contributed by atoms with Crippen molar-refractivity contribution in [2.24, 2.45) is 5.73 Å². The number of hydrogen-bond acceptors (Lipinski definition) is 2. The Kier molecular flexibility index (Phi) is 4.33. The van der Waals surface area contributed by atoms with Gasteiger partial charge in [-0.25, -0.2) is 4.39 Å². The van der Waals surface area contributed by atoms with Crippen LogP contribution in [0.2, 0.25) is 0 Å². The first-order chi connectivity index (χ1) is 8.70. The maximum atomic E-state index is 12.9. The fourth-order valence-corrected chi connectivity index (χ4v) is 2.07. The van der Waals surface area contributed by atoms with E-state index in [2.05, 4.69) is 15.9 Å². The van der Waals surface area contributed by atoms with Gasteiger partial charge >= 0.3 is 0 Å². The van der Waals surface area contributed by atoms with Gasteiger partial charge in [-0.05, 0) is 18.2 Å². The van der Waals surface area contributed by atoms with Crippen molar-refractivity contribution in [3.63, 3.8) is 0 Å². The molecule has 18 heavy (non-hydrogen) atoms. The summed E-state index contributed by atoms with van der Waals surface area (Å²) >= 11 is 3.31. The zero-order valence-corrected chi connectivity index (χ0v) is 11.3. The summed E-state index contributed by atoms with van der Waals surface area (Å²) in [7, 11) is 0. The number of rotatable bonds is 4. The number of para-hydroxylation sites is 1. The Morgan fingerprint density at radius 1 is 1.11 bits per heavy atom. The van der Waals surface area contributed by atoms with Gasteiger partial charge in [0, 0.05) is 22.1 Å². The highest BCUT2D eigenvalue weighted by Gasteiger charge is 2.05. The summed E-state index contributed by atoms with van der Waals surface area (Å²) < 4.78 is 19.3. The van der Waals surface area contributed by atoms with Crippen molar-refractivity contribution < 1.29 is 9.13 Å². The van der Waals surface area contributed by atoms with Crippen LogP contribution in [0.1, 0.15) is 11.1 Å². The summed E-state index contributed by atoms with van der Waals surface area (Å²) in [5, 5.41) is 0. The second-order valence-corrected chi connectivity index (χ2v) is 4.69. The lowest BCUT2D eigenvalue weighted by Crippen LogP contribution is -2.03. The fraction of sp³-hybridized carbons (Fsp3) is 0.143. The van der Waals surface area contributed by atoms with Crippen molar-refractivity contribution in [1.82, 2.24) is 0 Å². The zero-order valence-electron chi connectivity index (χ0n) is 9.70. The van der Waals surface area contributed by atoms with Crippen LogP contribution in [-0.4, -0.2) is 0 Å². The van der Waals surface area contributed by atoms with E-state index in [0.717, 1.165) is 16.9 Å². The second kappa shape index (κ2) is 5.98. The molecule has 2 nitrogen and oxygen atoms in total. The standard InChI is InChI=1S/C14H13BrFNO/c15-13-7-12(16)6-5-11(13)9-18-14-4-2-1-3-10(14)8-17/h1-7H,8-9,17H2. The molecule has 2 aromatic rings. The molecule has 0 aliphatic rings. The molecule has 0 atom stereocenters. The van der Waals surface area contributed by atoms with Crippen LogP contribution in [0.4, 0.5) is 4.39 Å². The van der Waals surface area contributed by atoms with Crippen molar-refractivity contribution in [2.75, 3.05) is 0 Å². The minimum Gasteiger partial charge on any atom is -0.489 e. The van der Waals surface area contributed by atoms with Crippen LogP contribution < -0.4 is 10.5 Å². The van der Waals surface area contributed by atoms with Gasteiger partial charge in [-0.3, -0.25) is 0 Å². The van der Waals surface area contributed by atoms with E-state index in [4.69, 9.17) is 10.5 Å². The van der Waals surface area contributed by atoms with Crippen LogP contribution in [0.5, 0.6) is 5.75 Å². The Labute approximate surface area is 114 Å². The van der Waals surface area contributed by atoms with Gasteiger partial charge in [0.1, 0.15) is 18.2 Å². The number of benzene rings is 2. The average molecular weight is 310 g/mol. The van der Waals surface area contributed by atoms with Gasteiger partial charge in [-0.15, -0.1) is 0 Å². The first-order valence-electron chi connectivity index (χ1n) is 5.55. The summed E-state index contributed by atoms with van der Waals surface area (Å²) in [6, 6.07) is 12.2. The maximum absolute atomic E-state index is 12.9. The Morgan fingerprint density at radius 2 is 1.89 bits per heavy atom. The number of ether oxygens (including phenoxy) is 1. The lowest BCUT2D eigenvalue weighted by molar-refractivity contribution is 0.302. The molecule has 0 amide bonds. The van der Waals surface area contributed by atoms with Gasteiger partial charge in [0.05, 0.1) is 0 Å². The molecule has 2 rings (SSSR count). The maximum Gasteiger partial charge on any atom is 0.124 e. The molecule has 4 heteroatoms. The molecule has 2 aromatic carbocycles. The molecular formula is C14H13BrFNO. The number of hydrogen-bond donors (Lipinski definition) is 1. The Bertz CT molecular complexity index is 545. The molecule has 0 fully saturated rings. The average Bonchev–Trinajstić information content (AvgIpc) is 2.38. The lowest BCUT2D eigenvalue weighted by Gasteiger charge is -2.11. The van der Waals surface area contributed by atoms with Crippen LogP contribution >= 0.6 is 15.9 Å². The van der Waals surface area contributed by atoms with Crippen LogP contribution in [-0.2, 0) is 13.2 Å². The highest BCUT2D eigenvalue weighted by Crippen LogP contribution is 2.22. The van der Waals surface area contributed by atoms with Crippen molar-refractivity contribution in [3.8, 4) is 5.75 Å². The van der Waals surface area contributed by atoms with Crippen LogP contribution in [0, 0.1) is 5.82 Å². The molecule has 0 saturated heterocycles. The monoisotopic (exact) mass is 309 g/mol. The minimum atomic E-state index is -0.270. The van der Waals surface area contributed by atoms with Gasteiger partial charge in [0.2, 0.25) is 0 Å². The van der Waals surface area contributed by atoms with Crippen molar-refractivity contribution in [3.05, 3.63) is 63.9 Å². The van der Waals surface area contributed by atoms with Crippen LogP contribution in [0.25, 0.3) is 0 Å². The molecule has 0 aliphatic carbocycles. The first-order valence-corrected chi connectivity index (χ1v) is 6.34. The highest BCUT2D eigenvalue weighted by atomic mass is 79.9. The predicted molar refractivity (Wildman–Crippen MR) is 72.8 cm³/mol. The van der Waals surface area contributed by atoms with Gasteiger partial charge < -0.3 is 10.5 Å². The molecule has 0 aliphatic heterocycles. The van der Waals surface area contributed by atoms with E-state index in [-0.39, 0.29) is 5.82 Å². The predicted octanol–water partition coefficient (Wildman–Crippen LogP) is 3.63. The third-order valence-electron chi connectivity index (χ3n) is 2.59. The molecule has 0 spiro atoms. The van der Waals surface area contributed by atoms with Gasteiger partial charge in [0.15, 0.2) is 0 Å². The third kappa shape index (κ3) is 3.09. The second-order valence-electron chi connectivity index (χ2n) is 3.84. The van der Waals surface area contributed by atoms with E-state index < -0.39 is 0 Å². The van der Waals surface area contributed by atoms with E-state index in [1.54, 1.807) is 6.07 Å². The van der Waals surface area contributed by atoms with Gasteiger partial charge in [0.25, 0.3) is 0 Å². The summed E-state index contributed by atoms with van der Waals surface area (Å²) in [6.45, 7) is 0.804. The Balaban J connectivity index is 2.11. The topological polar surface area (TPSA) is 35.2 Å². The summed E-state index contributed by atoms with van der Waals surface area (Å²) in [5.41, 5.74) is 7.48. The molecule has 0 heterocycles. The van der Waals surface area contributed by atoms with Crippen LogP contribution in [0.15, 0.2) is 46.9 Å². The largest absolute Gasteiger partial charge is 0.489 e. The minimum absolute atomic E-state index is 0.270. The lowest BCUT2D eigenvalue weighted by atomic mass is 10.2. The summed E-state index contributed by atoms with van der Waals surface area (Å²) in [4.78, 5) is 0. The molecule has 0 radical (unpaired) electrons. The molecule has 94 valence electrons. The third-order valence-corrected chi connectivity index (χ3v) is 3.33. The zero-order chi connectivity index (χ0) is 13.0. The number of halogens is 2. The number of nitrogens with two attached hydrogens (primary N) is 1. The molecule has 0 unspecified atom stereocenters. The molecule has 2 N–H and O–H groups in total. The smallest absolute Gasteiger partial charge is 0.124 e. The molecule has 0 bridgehead atoms. The Hall–Kier alpha value is -1.39. The fourth-order valence-electron chi connectivity index (χ4n) is 1.61. The van der Waals surface area contributed by atoms with E-state index >= 15 is 0 Å². The van der Waals surface area contributed by atoms with E-state index in [0.29, 0.717) is 17.6 Å². The SMILES string of the molecule is NCc1ccccc1OCc1ccc(F)cc1Br. The van der Waals surface area contributed by atoms with Crippen molar-refractivity contribution >= 4 is 15.9 Å². The van der Waals surface area contributed by atoms with Crippen molar-refractivity contribution in [2.45, 2.75) is 13.2 Å². The van der Waals surface area contributed by atoms with E-state index in [1.165, 1.54) is 12.1 Å². The van der Waals surface area contributed by atoms with E-state index in [1.807, 2.05) is 24.3 Å². The van der Waals surface area contributed by atoms with Gasteiger partial charge in [-0.2, -0.15) is 0 Å². The first kappa shape index (κ1) is 13.1. The summed E-state index contributed by atoms with van der Waals surface area (Å²) in [6.07, 6.45) is 0. The highest BCUT2D eigenvalue weighted by molar-refractivity contribution is 9.10. The Morgan fingerprint density at radius 3 is 2.61 bits per heavy atom. The quantitative estimate of drug-likeness (QED) is 0.936. The molecular weight excluding hydrogens is 297 g/mol. The van der Waals surface area contributed by atoms with Gasteiger partial charge in [-0.1, -0.05) is 40.2 Å². The summed E-state index contributed by atoms with van der Waals surface area (Å²) in [5.74, 6) is 0.490. The van der Waals surface area contributed by atoms with E-state index in [9.17, 15) is 4.39 Å². The molecule has 0 saturated carbocycles. The van der Waals surface area contributed by atoms with Crippen molar-refractivity contribution in [1.29, 1.82) is 0 Å². The van der Waals surface area contributed by atoms with Crippen LogP contribution in [0.3, 0.4) is 0 Å². The normalized spacial score (nSPS) is 10.4.